The van der Waals surface area contributed by atoms with Crippen molar-refractivity contribution in [3.8, 4) is 5.75 Å². The third-order valence-electron chi connectivity index (χ3n) is 4.80. The Hall–Kier alpha value is -1.06. The van der Waals surface area contributed by atoms with Gasteiger partial charge >= 0.3 is 0 Å². The number of nitrogens with two attached hydrogens (primary N) is 1. The lowest BCUT2D eigenvalue weighted by Crippen LogP contribution is -2.50. The Morgan fingerprint density at radius 1 is 1.15 bits per heavy atom. The van der Waals surface area contributed by atoms with Crippen LogP contribution in [0.5, 0.6) is 5.75 Å². The summed E-state index contributed by atoms with van der Waals surface area (Å²) >= 11 is 0. The molecule has 1 fully saturated rings. The van der Waals surface area contributed by atoms with Gasteiger partial charge in [0.2, 0.25) is 0 Å². The summed E-state index contributed by atoms with van der Waals surface area (Å²) in [6, 6.07) is 4.31. The van der Waals surface area contributed by atoms with Crippen molar-refractivity contribution in [3.63, 3.8) is 0 Å². The first-order valence-electron chi connectivity index (χ1n) is 7.53. The Bertz CT molecular complexity index is 476. The monoisotopic (exact) mass is 276 g/mol. The highest BCUT2D eigenvalue weighted by Gasteiger charge is 2.36. The molecule has 112 valence electrons. The summed E-state index contributed by atoms with van der Waals surface area (Å²) in [4.78, 5) is 2.52. The van der Waals surface area contributed by atoms with Crippen LogP contribution >= 0.6 is 0 Å². The molecule has 2 N–H and O–H groups in total. The first kappa shape index (κ1) is 15.3. The van der Waals surface area contributed by atoms with Crippen molar-refractivity contribution in [2.75, 3.05) is 20.2 Å². The molecule has 0 radical (unpaired) electrons. The zero-order chi connectivity index (χ0) is 14.9. The lowest BCUT2D eigenvalue weighted by atomic mass is 9.85. The van der Waals surface area contributed by atoms with E-state index in [0.717, 1.165) is 24.4 Å². The highest BCUT2D eigenvalue weighted by molar-refractivity contribution is 5.43. The molecule has 0 saturated carbocycles. The lowest BCUT2D eigenvalue weighted by molar-refractivity contribution is 0.124. The molecule has 3 heteroatoms. The number of benzene rings is 1. The van der Waals surface area contributed by atoms with Gasteiger partial charge in [0.25, 0.3) is 0 Å². The Labute approximate surface area is 123 Å². The van der Waals surface area contributed by atoms with E-state index in [-0.39, 0.29) is 11.6 Å². The highest BCUT2D eigenvalue weighted by Crippen LogP contribution is 2.35. The van der Waals surface area contributed by atoms with Gasteiger partial charge in [0.1, 0.15) is 5.75 Å². The minimum absolute atomic E-state index is 0.0116. The van der Waals surface area contributed by atoms with E-state index in [9.17, 15) is 0 Å². The fourth-order valence-corrected chi connectivity index (χ4v) is 3.24. The van der Waals surface area contributed by atoms with Gasteiger partial charge in [0.05, 0.1) is 7.11 Å². The van der Waals surface area contributed by atoms with Gasteiger partial charge in [-0.1, -0.05) is 6.07 Å². The van der Waals surface area contributed by atoms with Crippen molar-refractivity contribution in [3.05, 3.63) is 28.8 Å². The quantitative estimate of drug-likeness (QED) is 0.918. The van der Waals surface area contributed by atoms with Crippen molar-refractivity contribution in [2.45, 2.75) is 52.1 Å². The van der Waals surface area contributed by atoms with Crippen LogP contribution < -0.4 is 10.5 Å². The molecule has 1 saturated heterocycles. The number of hydrogen-bond donors (Lipinski definition) is 1. The van der Waals surface area contributed by atoms with Crippen molar-refractivity contribution in [2.24, 2.45) is 5.73 Å². The molecule has 1 aliphatic rings. The van der Waals surface area contributed by atoms with Crippen LogP contribution in [0.3, 0.4) is 0 Å². The summed E-state index contributed by atoms with van der Waals surface area (Å²) in [5.41, 5.74) is 10.2. The van der Waals surface area contributed by atoms with E-state index in [2.05, 4.69) is 44.7 Å². The third kappa shape index (κ3) is 2.70. The predicted octanol–water partition coefficient (Wildman–Crippen LogP) is 3.19. The van der Waals surface area contributed by atoms with Gasteiger partial charge in [-0.25, -0.2) is 0 Å². The van der Waals surface area contributed by atoms with Crippen LogP contribution in [-0.4, -0.2) is 30.6 Å². The standard InChI is InChI=1S/C17H28N2O/c1-12-11-15(20-5)13(2)10-14(12)16(18)17(3,4)19-8-6-7-9-19/h10-11,16H,6-9,18H2,1-5H3. The Morgan fingerprint density at radius 2 is 1.75 bits per heavy atom. The maximum atomic E-state index is 6.63. The Kier molecular flexibility index (Phi) is 4.40. The number of methoxy groups -OCH3 is 1. The molecule has 3 nitrogen and oxygen atoms in total. The summed E-state index contributed by atoms with van der Waals surface area (Å²) in [7, 11) is 1.72. The van der Waals surface area contributed by atoms with Gasteiger partial charge in [-0.05, 0) is 76.4 Å². The van der Waals surface area contributed by atoms with Crippen molar-refractivity contribution in [1.82, 2.24) is 4.90 Å². The van der Waals surface area contributed by atoms with Crippen LogP contribution in [0.4, 0.5) is 0 Å². The van der Waals surface area contributed by atoms with E-state index >= 15 is 0 Å². The number of hydrogen-bond acceptors (Lipinski definition) is 3. The molecule has 1 unspecified atom stereocenters. The normalized spacial score (nSPS) is 18.3. The third-order valence-corrected chi connectivity index (χ3v) is 4.80. The molecule has 0 amide bonds. The van der Waals surface area contributed by atoms with Crippen LogP contribution in [0.15, 0.2) is 12.1 Å². The first-order valence-corrected chi connectivity index (χ1v) is 7.53. The van der Waals surface area contributed by atoms with Crippen molar-refractivity contribution < 1.29 is 4.74 Å². The topological polar surface area (TPSA) is 38.5 Å². The molecule has 0 spiro atoms. The molecule has 0 bridgehead atoms. The summed E-state index contributed by atoms with van der Waals surface area (Å²) in [5, 5.41) is 0. The molecule has 0 aliphatic carbocycles. The molecule has 1 atom stereocenters. The van der Waals surface area contributed by atoms with Crippen molar-refractivity contribution >= 4 is 0 Å². The van der Waals surface area contributed by atoms with Gasteiger partial charge in [0.15, 0.2) is 0 Å². The molecule has 1 aromatic rings. The molecular formula is C17H28N2O. The van der Waals surface area contributed by atoms with E-state index in [0.29, 0.717) is 0 Å². The zero-order valence-electron chi connectivity index (χ0n) is 13.5. The van der Waals surface area contributed by atoms with E-state index in [4.69, 9.17) is 10.5 Å². The minimum Gasteiger partial charge on any atom is -0.496 e. The molecular weight excluding hydrogens is 248 g/mol. The van der Waals surface area contributed by atoms with E-state index in [1.165, 1.54) is 24.0 Å². The van der Waals surface area contributed by atoms with Crippen LogP contribution in [0.1, 0.15) is 49.4 Å². The first-order chi connectivity index (χ1) is 9.37. The molecule has 0 aromatic heterocycles. The van der Waals surface area contributed by atoms with Gasteiger partial charge in [-0.15, -0.1) is 0 Å². The van der Waals surface area contributed by atoms with Crippen molar-refractivity contribution in [1.29, 1.82) is 0 Å². The second-order valence-corrected chi connectivity index (χ2v) is 6.50. The van der Waals surface area contributed by atoms with Crippen LogP contribution in [0.25, 0.3) is 0 Å². The lowest BCUT2D eigenvalue weighted by Gasteiger charge is -2.41. The largest absolute Gasteiger partial charge is 0.496 e. The van der Waals surface area contributed by atoms with Gasteiger partial charge in [0, 0.05) is 11.6 Å². The molecule has 2 rings (SSSR count). The fourth-order valence-electron chi connectivity index (χ4n) is 3.24. The smallest absolute Gasteiger partial charge is 0.122 e. The number of aryl methyl sites for hydroxylation is 2. The average Bonchev–Trinajstić information content (AvgIpc) is 2.94. The molecule has 1 aromatic carbocycles. The Balaban J connectivity index is 2.32. The highest BCUT2D eigenvalue weighted by atomic mass is 16.5. The summed E-state index contributed by atoms with van der Waals surface area (Å²) in [6.07, 6.45) is 2.58. The van der Waals surface area contributed by atoms with E-state index < -0.39 is 0 Å². The van der Waals surface area contributed by atoms with Gasteiger partial charge in [-0.2, -0.15) is 0 Å². The second kappa shape index (κ2) is 5.74. The maximum absolute atomic E-state index is 6.63. The predicted molar refractivity (Wildman–Crippen MR) is 84.3 cm³/mol. The zero-order valence-corrected chi connectivity index (χ0v) is 13.5. The summed E-state index contributed by atoms with van der Waals surface area (Å²) in [6.45, 7) is 11.1. The van der Waals surface area contributed by atoms with Crippen LogP contribution in [-0.2, 0) is 0 Å². The fraction of sp³-hybridized carbons (Fsp3) is 0.647. The van der Waals surface area contributed by atoms with E-state index in [1.807, 2.05) is 0 Å². The molecule has 1 heterocycles. The summed E-state index contributed by atoms with van der Waals surface area (Å²) in [5.74, 6) is 0.942. The minimum atomic E-state index is -0.0116. The number of nitrogens with zero attached hydrogens (tertiary/aromatic N) is 1. The second-order valence-electron chi connectivity index (χ2n) is 6.50. The SMILES string of the molecule is COc1cc(C)c(C(N)C(C)(C)N2CCCC2)cc1C. The van der Waals surface area contributed by atoms with Crippen LogP contribution in [0.2, 0.25) is 0 Å². The van der Waals surface area contributed by atoms with E-state index in [1.54, 1.807) is 7.11 Å². The van der Waals surface area contributed by atoms with Gasteiger partial charge in [-0.3, -0.25) is 4.90 Å². The summed E-state index contributed by atoms with van der Waals surface area (Å²) < 4.78 is 5.39. The number of rotatable bonds is 4. The average molecular weight is 276 g/mol. The van der Waals surface area contributed by atoms with Gasteiger partial charge < -0.3 is 10.5 Å². The molecule has 20 heavy (non-hydrogen) atoms. The Morgan fingerprint density at radius 3 is 2.30 bits per heavy atom. The maximum Gasteiger partial charge on any atom is 0.122 e. The number of ether oxygens (including phenoxy) is 1. The van der Waals surface area contributed by atoms with Crippen LogP contribution in [0, 0.1) is 13.8 Å². The number of likely N-dealkylation sites (tertiary alicyclic amines) is 1. The molecule has 1 aliphatic heterocycles.